The fraction of sp³-hybridized carbons (Fsp3) is 0. The molecule has 0 aliphatic rings. The standard InChI is InChI=1S/C11H10N4O3/c12-7-1-3-8(4-2-7)18-10-6-5-9(15(16)17)11(13)14-10/h1-6H,12H2,(H2,13,14). The summed E-state index contributed by atoms with van der Waals surface area (Å²) < 4.78 is 5.38. The number of hydrogen-bond acceptors (Lipinski definition) is 6. The van der Waals surface area contributed by atoms with Crippen molar-refractivity contribution >= 4 is 17.2 Å². The monoisotopic (exact) mass is 246 g/mol. The zero-order valence-corrected chi connectivity index (χ0v) is 9.24. The third kappa shape index (κ3) is 2.46. The molecule has 0 saturated heterocycles. The molecule has 1 heterocycles. The SMILES string of the molecule is Nc1ccc(Oc2ccc([N+](=O)[O-])c(N)n2)cc1. The van der Waals surface area contributed by atoms with Crippen molar-refractivity contribution in [2.24, 2.45) is 0 Å². The van der Waals surface area contributed by atoms with Crippen LogP contribution < -0.4 is 16.2 Å². The Balaban J connectivity index is 2.22. The molecule has 0 spiro atoms. The van der Waals surface area contributed by atoms with Crippen molar-refractivity contribution in [1.29, 1.82) is 0 Å². The fourth-order valence-electron chi connectivity index (χ4n) is 1.32. The Morgan fingerprint density at radius 2 is 1.78 bits per heavy atom. The number of ether oxygens (including phenoxy) is 1. The lowest BCUT2D eigenvalue weighted by atomic mass is 10.3. The second-order valence-electron chi connectivity index (χ2n) is 3.48. The van der Waals surface area contributed by atoms with Crippen LogP contribution in [0.1, 0.15) is 0 Å². The second kappa shape index (κ2) is 4.58. The fourth-order valence-corrected chi connectivity index (χ4v) is 1.32. The molecule has 0 aliphatic heterocycles. The number of nitro groups is 1. The molecule has 0 fully saturated rings. The summed E-state index contributed by atoms with van der Waals surface area (Å²) in [6.45, 7) is 0. The first-order valence-electron chi connectivity index (χ1n) is 5.00. The Morgan fingerprint density at radius 3 is 2.33 bits per heavy atom. The number of pyridine rings is 1. The summed E-state index contributed by atoms with van der Waals surface area (Å²) in [7, 11) is 0. The van der Waals surface area contributed by atoms with Crippen LogP contribution in [0.2, 0.25) is 0 Å². The summed E-state index contributed by atoms with van der Waals surface area (Å²) in [5.41, 5.74) is 11.3. The molecule has 0 aliphatic carbocycles. The van der Waals surface area contributed by atoms with Gasteiger partial charge in [0.2, 0.25) is 11.7 Å². The van der Waals surface area contributed by atoms with Crippen LogP contribution in [0.4, 0.5) is 17.2 Å². The minimum Gasteiger partial charge on any atom is -0.439 e. The van der Waals surface area contributed by atoms with E-state index in [1.165, 1.54) is 12.1 Å². The summed E-state index contributed by atoms with van der Waals surface area (Å²) in [6, 6.07) is 9.29. The molecule has 0 amide bonds. The first-order valence-corrected chi connectivity index (χ1v) is 5.00. The lowest BCUT2D eigenvalue weighted by Gasteiger charge is -2.05. The minimum absolute atomic E-state index is 0.183. The van der Waals surface area contributed by atoms with Crippen LogP contribution >= 0.6 is 0 Å². The van der Waals surface area contributed by atoms with Crippen molar-refractivity contribution in [3.05, 3.63) is 46.5 Å². The first kappa shape index (κ1) is 11.6. The second-order valence-corrected chi connectivity index (χ2v) is 3.48. The van der Waals surface area contributed by atoms with E-state index in [-0.39, 0.29) is 17.4 Å². The topological polar surface area (TPSA) is 117 Å². The zero-order chi connectivity index (χ0) is 13.1. The van der Waals surface area contributed by atoms with Gasteiger partial charge in [-0.2, -0.15) is 4.98 Å². The van der Waals surface area contributed by atoms with E-state index in [0.29, 0.717) is 11.4 Å². The molecular weight excluding hydrogens is 236 g/mol. The number of rotatable bonds is 3. The zero-order valence-electron chi connectivity index (χ0n) is 9.24. The van der Waals surface area contributed by atoms with Gasteiger partial charge < -0.3 is 16.2 Å². The Morgan fingerprint density at radius 1 is 1.11 bits per heavy atom. The predicted molar refractivity (Wildman–Crippen MR) is 66.2 cm³/mol. The van der Waals surface area contributed by atoms with Gasteiger partial charge in [-0.15, -0.1) is 0 Å². The van der Waals surface area contributed by atoms with Gasteiger partial charge in [0.25, 0.3) is 0 Å². The lowest BCUT2D eigenvalue weighted by Crippen LogP contribution is -1.99. The highest BCUT2D eigenvalue weighted by Crippen LogP contribution is 2.25. The van der Waals surface area contributed by atoms with E-state index in [2.05, 4.69) is 4.98 Å². The summed E-state index contributed by atoms with van der Waals surface area (Å²) in [4.78, 5) is 13.8. The largest absolute Gasteiger partial charge is 0.439 e. The molecule has 2 rings (SSSR count). The maximum atomic E-state index is 10.6. The van der Waals surface area contributed by atoms with Crippen molar-refractivity contribution in [3.8, 4) is 11.6 Å². The summed E-state index contributed by atoms with van der Waals surface area (Å²) in [6.07, 6.45) is 0. The Labute approximate surface area is 102 Å². The maximum absolute atomic E-state index is 10.6. The number of benzene rings is 1. The van der Waals surface area contributed by atoms with Gasteiger partial charge in [-0.25, -0.2) is 0 Å². The van der Waals surface area contributed by atoms with Crippen LogP contribution in [-0.4, -0.2) is 9.91 Å². The van der Waals surface area contributed by atoms with Gasteiger partial charge in [-0.3, -0.25) is 10.1 Å². The van der Waals surface area contributed by atoms with E-state index in [1.807, 2.05) is 0 Å². The number of aromatic nitrogens is 1. The molecule has 4 N–H and O–H groups in total. The van der Waals surface area contributed by atoms with Gasteiger partial charge >= 0.3 is 5.69 Å². The van der Waals surface area contributed by atoms with E-state index in [0.717, 1.165) is 0 Å². The van der Waals surface area contributed by atoms with E-state index < -0.39 is 4.92 Å². The molecule has 1 aromatic heterocycles. The van der Waals surface area contributed by atoms with Crippen LogP contribution in [0.3, 0.4) is 0 Å². The van der Waals surface area contributed by atoms with E-state index in [4.69, 9.17) is 16.2 Å². The van der Waals surface area contributed by atoms with Gasteiger partial charge in [0.15, 0.2) is 0 Å². The molecule has 18 heavy (non-hydrogen) atoms. The van der Waals surface area contributed by atoms with Crippen molar-refractivity contribution < 1.29 is 9.66 Å². The Bertz CT molecular complexity index is 583. The smallest absolute Gasteiger partial charge is 0.311 e. The Kier molecular flexibility index (Phi) is 2.96. The number of nitrogen functional groups attached to an aromatic ring is 2. The van der Waals surface area contributed by atoms with Gasteiger partial charge in [0.05, 0.1) is 4.92 Å². The normalized spacial score (nSPS) is 10.0. The van der Waals surface area contributed by atoms with Gasteiger partial charge in [0, 0.05) is 17.8 Å². The molecule has 1 aromatic carbocycles. The molecule has 0 unspecified atom stereocenters. The van der Waals surface area contributed by atoms with Crippen molar-refractivity contribution in [1.82, 2.24) is 4.98 Å². The molecule has 0 atom stereocenters. The number of anilines is 2. The molecule has 0 saturated carbocycles. The van der Waals surface area contributed by atoms with Gasteiger partial charge in [0.1, 0.15) is 5.75 Å². The van der Waals surface area contributed by atoms with Crippen LogP contribution in [0.25, 0.3) is 0 Å². The number of hydrogen-bond donors (Lipinski definition) is 2. The predicted octanol–water partition coefficient (Wildman–Crippen LogP) is 1.95. The molecule has 7 heteroatoms. The maximum Gasteiger partial charge on any atom is 0.311 e. The number of nitrogens with two attached hydrogens (primary N) is 2. The van der Waals surface area contributed by atoms with Gasteiger partial charge in [-0.1, -0.05) is 0 Å². The average Bonchev–Trinajstić information content (AvgIpc) is 2.32. The van der Waals surface area contributed by atoms with Gasteiger partial charge in [-0.05, 0) is 24.3 Å². The van der Waals surface area contributed by atoms with E-state index >= 15 is 0 Å². The highest BCUT2D eigenvalue weighted by molar-refractivity contribution is 5.53. The summed E-state index contributed by atoms with van der Waals surface area (Å²) >= 11 is 0. The highest BCUT2D eigenvalue weighted by atomic mass is 16.6. The van der Waals surface area contributed by atoms with E-state index in [9.17, 15) is 10.1 Å². The molecular formula is C11H10N4O3. The highest BCUT2D eigenvalue weighted by Gasteiger charge is 2.13. The number of nitrogens with zero attached hydrogens (tertiary/aromatic N) is 2. The van der Waals surface area contributed by atoms with Crippen LogP contribution in [-0.2, 0) is 0 Å². The molecule has 0 bridgehead atoms. The molecule has 7 nitrogen and oxygen atoms in total. The molecule has 92 valence electrons. The van der Waals surface area contributed by atoms with Crippen molar-refractivity contribution in [2.45, 2.75) is 0 Å². The summed E-state index contributed by atoms with van der Waals surface area (Å²) in [5, 5.41) is 10.6. The van der Waals surface area contributed by atoms with Crippen molar-refractivity contribution in [2.75, 3.05) is 11.5 Å². The average molecular weight is 246 g/mol. The van der Waals surface area contributed by atoms with Crippen LogP contribution in [0.5, 0.6) is 11.6 Å². The minimum atomic E-state index is -0.602. The summed E-state index contributed by atoms with van der Waals surface area (Å²) in [5.74, 6) is 0.515. The molecule has 0 radical (unpaired) electrons. The third-order valence-electron chi connectivity index (χ3n) is 2.18. The molecule has 2 aromatic rings. The third-order valence-corrected chi connectivity index (χ3v) is 2.18. The first-order chi connectivity index (χ1) is 8.56. The van der Waals surface area contributed by atoms with Crippen LogP contribution in [0.15, 0.2) is 36.4 Å². The van der Waals surface area contributed by atoms with E-state index in [1.54, 1.807) is 24.3 Å². The Hall–Kier alpha value is -2.83. The quantitative estimate of drug-likeness (QED) is 0.485. The van der Waals surface area contributed by atoms with Crippen LogP contribution in [0, 0.1) is 10.1 Å². The van der Waals surface area contributed by atoms with Crippen molar-refractivity contribution in [3.63, 3.8) is 0 Å². The lowest BCUT2D eigenvalue weighted by molar-refractivity contribution is -0.384.